The lowest BCUT2D eigenvalue weighted by Crippen LogP contribution is -2.38. The summed E-state index contributed by atoms with van der Waals surface area (Å²) in [6.45, 7) is 2.48. The summed E-state index contributed by atoms with van der Waals surface area (Å²) in [5.74, 6) is 0.610. The molecule has 0 saturated carbocycles. The highest BCUT2D eigenvalue weighted by atomic mass is 127. The van der Waals surface area contributed by atoms with E-state index in [1.165, 1.54) is 6.07 Å². The van der Waals surface area contributed by atoms with Crippen LogP contribution in [0.2, 0.25) is 0 Å². The van der Waals surface area contributed by atoms with Gasteiger partial charge < -0.3 is 15.4 Å². The monoisotopic (exact) mass is 520 g/mol. The molecule has 0 amide bonds. The van der Waals surface area contributed by atoms with Crippen molar-refractivity contribution in [2.75, 3.05) is 25.9 Å². The molecule has 0 saturated heterocycles. The second kappa shape index (κ2) is 13.0. The summed E-state index contributed by atoms with van der Waals surface area (Å²) >= 11 is 0. The molecule has 7 nitrogen and oxygen atoms in total. The molecule has 1 aromatic rings. The van der Waals surface area contributed by atoms with Crippen LogP contribution in [-0.4, -0.2) is 46.9 Å². The number of nitrogens with one attached hydrogen (secondary N) is 3. The van der Waals surface area contributed by atoms with E-state index >= 15 is 0 Å². The number of rotatable bonds is 10. The fourth-order valence-electron chi connectivity index (χ4n) is 2.10. The molecule has 156 valence electrons. The lowest BCUT2D eigenvalue weighted by Gasteiger charge is -2.13. The summed E-state index contributed by atoms with van der Waals surface area (Å²) in [6, 6.07) is 4.95. The zero-order valence-corrected chi connectivity index (χ0v) is 18.7. The molecular formula is C16H27F2IN4O3S. The van der Waals surface area contributed by atoms with Gasteiger partial charge in [-0.1, -0.05) is 17.7 Å². The third-order valence-corrected chi connectivity index (χ3v) is 3.92. The molecule has 0 aliphatic heterocycles. The molecule has 3 N–H and O–H groups in total. The Balaban J connectivity index is 0.00000676. The van der Waals surface area contributed by atoms with Crippen LogP contribution in [0.3, 0.4) is 0 Å². The number of ether oxygens (including phenoxy) is 1. The van der Waals surface area contributed by atoms with Crippen LogP contribution in [0.5, 0.6) is 5.75 Å². The van der Waals surface area contributed by atoms with E-state index in [9.17, 15) is 17.2 Å². The highest BCUT2D eigenvalue weighted by Gasteiger charge is 2.10. The lowest BCUT2D eigenvalue weighted by molar-refractivity contribution is -0.0504. The normalized spacial score (nSPS) is 11.9. The fraction of sp³-hybridized carbons (Fsp3) is 0.562. The molecule has 0 heterocycles. The van der Waals surface area contributed by atoms with Gasteiger partial charge >= 0.3 is 6.61 Å². The zero-order chi connectivity index (χ0) is 19.6. The van der Waals surface area contributed by atoms with Crippen LogP contribution in [0.25, 0.3) is 0 Å². The average Bonchev–Trinajstić information content (AvgIpc) is 2.53. The molecule has 0 aliphatic carbocycles. The summed E-state index contributed by atoms with van der Waals surface area (Å²) in [7, 11) is -3.20. The predicted octanol–water partition coefficient (Wildman–Crippen LogP) is 2.21. The first-order valence-corrected chi connectivity index (χ1v) is 10.1. The molecule has 0 aromatic heterocycles. The summed E-state index contributed by atoms with van der Waals surface area (Å²) in [5.41, 5.74) is 1.47. The molecule has 11 heteroatoms. The maximum atomic E-state index is 12.5. The maximum Gasteiger partial charge on any atom is 0.387 e. The van der Waals surface area contributed by atoms with Crippen LogP contribution in [0.15, 0.2) is 23.2 Å². The molecule has 1 rings (SSSR count). The zero-order valence-electron chi connectivity index (χ0n) is 15.6. The van der Waals surface area contributed by atoms with Crippen LogP contribution in [-0.2, 0) is 16.6 Å². The minimum atomic E-state index is -3.20. The number of aliphatic imine (C=N–C) groups is 1. The Kier molecular flexibility index (Phi) is 12.5. The maximum absolute atomic E-state index is 12.5. The van der Waals surface area contributed by atoms with Crippen molar-refractivity contribution in [1.29, 1.82) is 0 Å². The second-order valence-electron chi connectivity index (χ2n) is 5.63. The Labute approximate surface area is 176 Å². The molecule has 0 atom stereocenters. The molecule has 0 bridgehead atoms. The molecule has 0 spiro atoms. The minimum absolute atomic E-state index is 0. The Morgan fingerprint density at radius 1 is 1.26 bits per heavy atom. The van der Waals surface area contributed by atoms with Gasteiger partial charge in [-0.25, -0.2) is 18.1 Å². The van der Waals surface area contributed by atoms with Crippen molar-refractivity contribution in [3.05, 3.63) is 29.3 Å². The van der Waals surface area contributed by atoms with Crippen LogP contribution in [0.1, 0.15) is 24.5 Å². The number of alkyl halides is 2. The summed E-state index contributed by atoms with van der Waals surface area (Å²) in [4.78, 5) is 4.37. The Morgan fingerprint density at radius 3 is 2.56 bits per heavy atom. The van der Waals surface area contributed by atoms with Crippen molar-refractivity contribution in [2.24, 2.45) is 4.99 Å². The van der Waals surface area contributed by atoms with Gasteiger partial charge in [0.25, 0.3) is 0 Å². The molecule has 0 aliphatic rings. The first-order chi connectivity index (χ1) is 12.2. The topological polar surface area (TPSA) is 91.8 Å². The summed E-state index contributed by atoms with van der Waals surface area (Å²) < 4.78 is 53.9. The second-order valence-corrected chi connectivity index (χ2v) is 7.46. The quantitative estimate of drug-likeness (QED) is 0.191. The Bertz CT molecular complexity index is 703. The minimum Gasteiger partial charge on any atom is -0.434 e. The molecular weight excluding hydrogens is 493 g/mol. The number of nitrogens with zero attached hydrogens (tertiary/aromatic N) is 1. The van der Waals surface area contributed by atoms with E-state index in [1.54, 1.807) is 12.1 Å². The van der Waals surface area contributed by atoms with Crippen LogP contribution in [0, 0.1) is 6.92 Å². The van der Waals surface area contributed by atoms with Crippen LogP contribution >= 0.6 is 24.0 Å². The van der Waals surface area contributed by atoms with Gasteiger partial charge in [-0.05, 0) is 26.3 Å². The SMILES string of the molecule is CCNC(=NCc1cc(C)ccc1OC(F)F)NCCCNS(C)(=O)=O.I. The van der Waals surface area contributed by atoms with Crippen molar-refractivity contribution >= 4 is 40.0 Å². The summed E-state index contributed by atoms with van der Waals surface area (Å²) in [6.07, 6.45) is 1.68. The third-order valence-electron chi connectivity index (χ3n) is 3.19. The molecule has 0 unspecified atom stereocenters. The first-order valence-electron chi connectivity index (χ1n) is 8.22. The van der Waals surface area contributed by atoms with Crippen molar-refractivity contribution < 1.29 is 21.9 Å². The Morgan fingerprint density at radius 2 is 1.96 bits per heavy atom. The number of hydrogen-bond donors (Lipinski definition) is 3. The first kappa shape index (κ1) is 25.8. The van der Waals surface area contributed by atoms with Crippen molar-refractivity contribution in [3.8, 4) is 5.75 Å². The number of guanidine groups is 1. The van der Waals surface area contributed by atoms with Crippen molar-refractivity contribution in [3.63, 3.8) is 0 Å². The van der Waals surface area contributed by atoms with E-state index in [1.807, 2.05) is 13.8 Å². The predicted molar refractivity (Wildman–Crippen MR) is 114 cm³/mol. The smallest absolute Gasteiger partial charge is 0.387 e. The molecule has 1 aromatic carbocycles. The largest absolute Gasteiger partial charge is 0.434 e. The van der Waals surface area contributed by atoms with Crippen LogP contribution in [0.4, 0.5) is 8.78 Å². The Hall–Kier alpha value is -1.21. The standard InChI is InChI=1S/C16H26F2N4O3S.HI/c1-4-19-16(20-8-5-9-22-26(3,23)24)21-11-13-10-12(2)6-7-14(13)25-15(17)18;/h6-7,10,15,22H,4-5,8-9,11H2,1-3H3,(H2,19,20,21);1H. The summed E-state index contributed by atoms with van der Waals surface area (Å²) in [5, 5.41) is 6.11. The number of halogens is 3. The fourth-order valence-corrected chi connectivity index (χ4v) is 2.62. The number of hydrogen-bond acceptors (Lipinski definition) is 4. The third kappa shape index (κ3) is 12.0. The van der Waals surface area contributed by atoms with E-state index in [0.717, 1.165) is 11.8 Å². The van der Waals surface area contributed by atoms with Gasteiger partial charge in [-0.2, -0.15) is 8.78 Å². The van der Waals surface area contributed by atoms with E-state index in [0.29, 0.717) is 37.6 Å². The van der Waals surface area contributed by atoms with Crippen molar-refractivity contribution in [1.82, 2.24) is 15.4 Å². The van der Waals surface area contributed by atoms with Crippen molar-refractivity contribution in [2.45, 2.75) is 33.4 Å². The van der Waals surface area contributed by atoms with E-state index in [-0.39, 0.29) is 36.3 Å². The molecule has 0 fully saturated rings. The van der Waals surface area contributed by atoms with E-state index < -0.39 is 16.6 Å². The molecule has 0 radical (unpaired) electrons. The van der Waals surface area contributed by atoms with Gasteiger partial charge in [-0.15, -0.1) is 24.0 Å². The molecule has 27 heavy (non-hydrogen) atoms. The van der Waals surface area contributed by atoms with Gasteiger partial charge in [0.05, 0.1) is 12.8 Å². The van der Waals surface area contributed by atoms with Crippen LogP contribution < -0.4 is 20.1 Å². The lowest BCUT2D eigenvalue weighted by atomic mass is 10.1. The van der Waals surface area contributed by atoms with Gasteiger partial charge in [0.2, 0.25) is 10.0 Å². The average molecular weight is 520 g/mol. The van der Waals surface area contributed by atoms with Gasteiger partial charge in [0.15, 0.2) is 5.96 Å². The highest BCUT2D eigenvalue weighted by molar-refractivity contribution is 14.0. The number of benzene rings is 1. The van der Waals surface area contributed by atoms with Gasteiger partial charge in [-0.3, -0.25) is 0 Å². The number of sulfonamides is 1. The number of aryl methyl sites for hydroxylation is 1. The van der Waals surface area contributed by atoms with Gasteiger partial charge in [0.1, 0.15) is 5.75 Å². The van der Waals surface area contributed by atoms with Gasteiger partial charge in [0, 0.05) is 25.2 Å². The highest BCUT2D eigenvalue weighted by Crippen LogP contribution is 2.22. The van der Waals surface area contributed by atoms with E-state index in [2.05, 4.69) is 25.1 Å². The van der Waals surface area contributed by atoms with E-state index in [4.69, 9.17) is 0 Å².